The second kappa shape index (κ2) is 8.98. The third-order valence-corrected chi connectivity index (χ3v) is 7.31. The number of hydrogen-bond acceptors (Lipinski definition) is 3. The van der Waals surface area contributed by atoms with E-state index in [1.807, 2.05) is 17.0 Å². The Bertz CT molecular complexity index is 1170. The molecule has 0 bridgehead atoms. The quantitative estimate of drug-likeness (QED) is 0.399. The standard InChI is InChI=1S/C27H33FN2O2S/c1-7-12-30(27(3,4)5)26(31)25-18(8-2)23(22-10-9-14-33-22)24-19-16-20(28)21(32-6)15-17(19)11-13-29(24)25/h9-10,14-16H,7-8,11-13H2,1-6H3. The zero-order valence-corrected chi connectivity index (χ0v) is 21.2. The molecular weight excluding hydrogens is 435 g/mol. The first-order chi connectivity index (χ1) is 15.7. The van der Waals surface area contributed by atoms with Gasteiger partial charge in [0.05, 0.1) is 12.8 Å². The maximum absolute atomic E-state index is 14.9. The monoisotopic (exact) mass is 468 g/mol. The number of aryl methyl sites for hydroxylation is 1. The second-order valence-corrected chi connectivity index (χ2v) is 10.5. The first-order valence-electron chi connectivity index (χ1n) is 11.7. The summed E-state index contributed by atoms with van der Waals surface area (Å²) in [7, 11) is 1.49. The molecule has 0 fully saturated rings. The van der Waals surface area contributed by atoms with Gasteiger partial charge in [-0.1, -0.05) is 19.9 Å². The highest BCUT2D eigenvalue weighted by atomic mass is 32.1. The number of fused-ring (bicyclic) bond motifs is 3. The van der Waals surface area contributed by atoms with Gasteiger partial charge in [0.25, 0.3) is 5.91 Å². The summed E-state index contributed by atoms with van der Waals surface area (Å²) in [4.78, 5) is 17.2. The number of thiophene rings is 1. The van der Waals surface area contributed by atoms with Crippen molar-refractivity contribution in [3.63, 3.8) is 0 Å². The lowest BCUT2D eigenvalue weighted by Gasteiger charge is -2.36. The summed E-state index contributed by atoms with van der Waals surface area (Å²) in [5.74, 6) is -0.0563. The van der Waals surface area contributed by atoms with Crippen LogP contribution in [0.2, 0.25) is 0 Å². The van der Waals surface area contributed by atoms with E-state index in [9.17, 15) is 9.18 Å². The van der Waals surface area contributed by atoms with Crippen molar-refractivity contribution < 1.29 is 13.9 Å². The summed E-state index contributed by atoms with van der Waals surface area (Å²) in [6.07, 6.45) is 2.35. The molecular formula is C27H33FN2O2S. The average Bonchev–Trinajstić information content (AvgIpc) is 3.41. The highest BCUT2D eigenvalue weighted by molar-refractivity contribution is 7.13. The lowest BCUT2D eigenvalue weighted by molar-refractivity contribution is 0.0570. The maximum atomic E-state index is 14.9. The van der Waals surface area contributed by atoms with Crippen molar-refractivity contribution in [2.24, 2.45) is 0 Å². The lowest BCUT2D eigenvalue weighted by atomic mass is 9.94. The molecule has 0 atom stereocenters. The number of nitrogens with zero attached hydrogens (tertiary/aromatic N) is 2. The number of ether oxygens (including phenoxy) is 1. The van der Waals surface area contributed by atoms with Crippen LogP contribution in [0.3, 0.4) is 0 Å². The number of carbonyl (C=O) groups is 1. The molecule has 1 aliphatic rings. The highest BCUT2D eigenvalue weighted by Crippen LogP contribution is 2.46. The minimum absolute atomic E-state index is 0.0580. The predicted molar refractivity (Wildman–Crippen MR) is 134 cm³/mol. The van der Waals surface area contributed by atoms with Gasteiger partial charge < -0.3 is 14.2 Å². The number of benzene rings is 1. The molecule has 0 aliphatic carbocycles. The predicted octanol–water partition coefficient (Wildman–Crippen LogP) is 6.80. The van der Waals surface area contributed by atoms with Gasteiger partial charge in [0.1, 0.15) is 5.69 Å². The van der Waals surface area contributed by atoms with E-state index < -0.39 is 0 Å². The largest absolute Gasteiger partial charge is 0.494 e. The van der Waals surface area contributed by atoms with Crippen molar-refractivity contribution in [1.29, 1.82) is 0 Å². The summed E-state index contributed by atoms with van der Waals surface area (Å²) in [6.45, 7) is 11.8. The molecule has 0 spiro atoms. The van der Waals surface area contributed by atoms with Gasteiger partial charge >= 0.3 is 0 Å². The fourth-order valence-electron chi connectivity index (χ4n) is 4.95. The van der Waals surface area contributed by atoms with Crippen LogP contribution in [0.5, 0.6) is 5.75 Å². The minimum Gasteiger partial charge on any atom is -0.494 e. The molecule has 33 heavy (non-hydrogen) atoms. The zero-order valence-electron chi connectivity index (χ0n) is 20.4. The van der Waals surface area contributed by atoms with Gasteiger partial charge in [-0.3, -0.25) is 4.79 Å². The Morgan fingerprint density at radius 1 is 1.27 bits per heavy atom. The topological polar surface area (TPSA) is 34.5 Å². The van der Waals surface area contributed by atoms with Crippen LogP contribution in [0.15, 0.2) is 29.6 Å². The van der Waals surface area contributed by atoms with Gasteiger partial charge in [0.15, 0.2) is 11.6 Å². The van der Waals surface area contributed by atoms with Crippen LogP contribution in [0.1, 0.15) is 62.7 Å². The van der Waals surface area contributed by atoms with Crippen LogP contribution < -0.4 is 4.74 Å². The molecule has 0 N–H and O–H groups in total. The van der Waals surface area contributed by atoms with E-state index in [0.29, 0.717) is 13.1 Å². The fourth-order valence-corrected chi connectivity index (χ4v) is 5.75. The number of halogens is 1. The SMILES string of the molecule is CCCN(C(=O)c1c(CC)c(-c2cccs2)c2n1CCc1cc(OC)c(F)cc1-2)C(C)(C)C. The number of carbonyl (C=O) groups excluding carboxylic acids is 1. The van der Waals surface area contributed by atoms with Gasteiger partial charge in [0.2, 0.25) is 0 Å². The average molecular weight is 469 g/mol. The molecule has 1 amide bonds. The van der Waals surface area contributed by atoms with E-state index in [2.05, 4.69) is 50.6 Å². The molecule has 1 aromatic carbocycles. The van der Waals surface area contributed by atoms with E-state index in [1.54, 1.807) is 17.4 Å². The van der Waals surface area contributed by atoms with E-state index in [-0.39, 0.29) is 23.0 Å². The second-order valence-electron chi connectivity index (χ2n) is 9.55. The molecule has 1 aliphatic heterocycles. The molecule has 4 rings (SSSR count). The maximum Gasteiger partial charge on any atom is 0.271 e. The van der Waals surface area contributed by atoms with E-state index in [0.717, 1.165) is 57.8 Å². The third kappa shape index (κ3) is 3.99. The Morgan fingerprint density at radius 3 is 2.61 bits per heavy atom. The van der Waals surface area contributed by atoms with E-state index >= 15 is 0 Å². The van der Waals surface area contributed by atoms with Crippen molar-refractivity contribution in [2.45, 2.75) is 66.0 Å². The molecule has 4 nitrogen and oxygen atoms in total. The molecule has 6 heteroatoms. The first kappa shape index (κ1) is 23.6. The van der Waals surface area contributed by atoms with Crippen LogP contribution in [-0.2, 0) is 19.4 Å². The molecule has 0 saturated carbocycles. The summed E-state index contributed by atoms with van der Waals surface area (Å²) < 4.78 is 22.3. The molecule has 0 unspecified atom stereocenters. The van der Waals surface area contributed by atoms with Crippen molar-refractivity contribution in [3.05, 3.63) is 52.3 Å². The Balaban J connectivity index is 2.03. The molecule has 176 valence electrons. The molecule has 2 aromatic heterocycles. The number of amides is 1. The Labute approximate surface area is 200 Å². The van der Waals surface area contributed by atoms with Crippen LogP contribution in [0, 0.1) is 5.82 Å². The summed E-state index contributed by atoms with van der Waals surface area (Å²) >= 11 is 1.66. The van der Waals surface area contributed by atoms with Crippen LogP contribution in [0.4, 0.5) is 4.39 Å². The van der Waals surface area contributed by atoms with Crippen LogP contribution >= 0.6 is 11.3 Å². The van der Waals surface area contributed by atoms with Crippen LogP contribution in [0.25, 0.3) is 21.7 Å². The minimum atomic E-state index is -0.378. The van der Waals surface area contributed by atoms with Crippen molar-refractivity contribution in [3.8, 4) is 27.4 Å². The molecule has 0 radical (unpaired) electrons. The summed E-state index contributed by atoms with van der Waals surface area (Å²) in [5.41, 5.74) is 5.43. The van der Waals surface area contributed by atoms with Crippen molar-refractivity contribution in [1.82, 2.24) is 9.47 Å². The summed E-state index contributed by atoms with van der Waals surface area (Å²) in [6, 6.07) is 7.51. The normalized spacial score (nSPS) is 12.9. The van der Waals surface area contributed by atoms with Gasteiger partial charge in [-0.05, 0) is 74.7 Å². The highest BCUT2D eigenvalue weighted by Gasteiger charge is 2.36. The number of aromatic nitrogens is 1. The Kier molecular flexibility index (Phi) is 6.41. The number of hydrogen-bond donors (Lipinski definition) is 0. The van der Waals surface area contributed by atoms with Gasteiger partial charge in [0, 0.05) is 34.6 Å². The van der Waals surface area contributed by atoms with E-state index in [4.69, 9.17) is 4.74 Å². The Hall–Kier alpha value is -2.60. The van der Waals surface area contributed by atoms with Crippen LogP contribution in [-0.4, -0.2) is 34.6 Å². The third-order valence-electron chi connectivity index (χ3n) is 6.43. The number of rotatable bonds is 6. The molecule has 3 aromatic rings. The first-order valence-corrected chi connectivity index (χ1v) is 12.6. The van der Waals surface area contributed by atoms with E-state index in [1.165, 1.54) is 7.11 Å². The van der Waals surface area contributed by atoms with Gasteiger partial charge in [-0.25, -0.2) is 4.39 Å². The fraction of sp³-hybridized carbons (Fsp3) is 0.444. The molecule has 3 heterocycles. The molecule has 0 saturated heterocycles. The van der Waals surface area contributed by atoms with Gasteiger partial charge in [-0.15, -0.1) is 11.3 Å². The summed E-state index contributed by atoms with van der Waals surface area (Å²) in [5, 5.41) is 2.05. The van der Waals surface area contributed by atoms with Gasteiger partial charge in [-0.2, -0.15) is 0 Å². The van der Waals surface area contributed by atoms with Crippen molar-refractivity contribution >= 4 is 17.2 Å². The number of methoxy groups -OCH3 is 1. The Morgan fingerprint density at radius 2 is 2.03 bits per heavy atom. The zero-order chi connectivity index (χ0) is 23.9. The van der Waals surface area contributed by atoms with Crippen molar-refractivity contribution in [2.75, 3.05) is 13.7 Å². The smallest absolute Gasteiger partial charge is 0.271 e. The lowest BCUT2D eigenvalue weighted by Crippen LogP contribution is -2.47.